The number of hydrogen-bond donors (Lipinski definition) is 1. The topological polar surface area (TPSA) is 63.6 Å². The predicted octanol–water partition coefficient (Wildman–Crippen LogP) is 1.14. The highest BCUT2D eigenvalue weighted by molar-refractivity contribution is 5.94. The fraction of sp³-hybridized carbons (Fsp3) is 0.333. The molecule has 0 aromatic carbocycles. The van der Waals surface area contributed by atoms with Crippen LogP contribution < -0.4 is 0 Å². The normalized spacial score (nSPS) is 10.8. The van der Waals surface area contributed by atoms with E-state index >= 15 is 0 Å². The fourth-order valence-corrected chi connectivity index (χ4v) is 0.606. The van der Waals surface area contributed by atoms with Crippen molar-refractivity contribution in [3.63, 3.8) is 0 Å². The molecule has 0 aliphatic carbocycles. The molecule has 0 amide bonds. The Morgan fingerprint density at radius 3 is 2.46 bits per heavy atom. The van der Waals surface area contributed by atoms with Gasteiger partial charge in [-0.15, -0.1) is 0 Å². The summed E-state index contributed by atoms with van der Waals surface area (Å²) in [4.78, 5) is 21.3. The molecule has 0 spiro atoms. The fourth-order valence-electron chi connectivity index (χ4n) is 0.606. The van der Waals surface area contributed by atoms with Gasteiger partial charge in [0.05, 0.1) is 12.2 Å². The summed E-state index contributed by atoms with van der Waals surface area (Å²) in [6, 6.07) is 0. The Morgan fingerprint density at radius 1 is 1.54 bits per heavy atom. The molecular formula is C9H12O4. The van der Waals surface area contributed by atoms with E-state index in [2.05, 4.69) is 11.3 Å². The van der Waals surface area contributed by atoms with Crippen molar-refractivity contribution >= 4 is 11.9 Å². The lowest BCUT2D eigenvalue weighted by atomic mass is 10.2. The van der Waals surface area contributed by atoms with Gasteiger partial charge in [0.1, 0.15) is 0 Å². The summed E-state index contributed by atoms with van der Waals surface area (Å²) >= 11 is 0. The number of carboxylic acids is 1. The zero-order valence-electron chi connectivity index (χ0n) is 7.66. The number of carbonyl (C=O) groups excluding carboxylic acids is 1. The molecule has 0 radical (unpaired) electrons. The van der Waals surface area contributed by atoms with E-state index in [4.69, 9.17) is 5.11 Å². The summed E-state index contributed by atoms with van der Waals surface area (Å²) in [6.45, 7) is 6.68. The van der Waals surface area contributed by atoms with Gasteiger partial charge >= 0.3 is 11.9 Å². The van der Waals surface area contributed by atoms with Crippen molar-refractivity contribution < 1.29 is 19.4 Å². The van der Waals surface area contributed by atoms with Crippen molar-refractivity contribution in [1.82, 2.24) is 0 Å². The molecule has 4 nitrogen and oxygen atoms in total. The van der Waals surface area contributed by atoms with Gasteiger partial charge in [-0.3, -0.25) is 0 Å². The van der Waals surface area contributed by atoms with E-state index in [0.29, 0.717) is 0 Å². The minimum absolute atomic E-state index is 0.0433. The lowest BCUT2D eigenvalue weighted by molar-refractivity contribution is -0.138. The van der Waals surface area contributed by atoms with E-state index in [1.54, 1.807) is 6.92 Å². The van der Waals surface area contributed by atoms with E-state index in [1.165, 1.54) is 13.0 Å². The van der Waals surface area contributed by atoms with Crippen molar-refractivity contribution in [3.05, 3.63) is 23.8 Å². The molecule has 0 atom stereocenters. The molecule has 0 rings (SSSR count). The average molecular weight is 184 g/mol. The van der Waals surface area contributed by atoms with Crippen LogP contribution in [-0.2, 0) is 14.3 Å². The average Bonchev–Trinajstić information content (AvgIpc) is 2.04. The second-order valence-corrected chi connectivity index (χ2v) is 2.38. The highest BCUT2D eigenvalue weighted by Gasteiger charge is 2.07. The molecular weight excluding hydrogens is 172 g/mol. The van der Waals surface area contributed by atoms with Crippen LogP contribution in [0.15, 0.2) is 23.8 Å². The summed E-state index contributed by atoms with van der Waals surface area (Å²) in [7, 11) is 0. The smallest absolute Gasteiger partial charge is 0.337 e. The van der Waals surface area contributed by atoms with Crippen LogP contribution >= 0.6 is 0 Å². The van der Waals surface area contributed by atoms with Gasteiger partial charge in [0.2, 0.25) is 0 Å². The van der Waals surface area contributed by atoms with Crippen molar-refractivity contribution in [2.24, 2.45) is 0 Å². The van der Waals surface area contributed by atoms with Gasteiger partial charge in [-0.2, -0.15) is 0 Å². The summed E-state index contributed by atoms with van der Waals surface area (Å²) in [5.41, 5.74) is 0.0970. The molecule has 0 aromatic rings. The molecule has 0 heterocycles. The Morgan fingerprint density at radius 2 is 2.08 bits per heavy atom. The van der Waals surface area contributed by atoms with Crippen LogP contribution in [0.4, 0.5) is 0 Å². The van der Waals surface area contributed by atoms with Gasteiger partial charge in [0, 0.05) is 5.57 Å². The van der Waals surface area contributed by atoms with Crippen molar-refractivity contribution in [2.75, 3.05) is 6.61 Å². The molecule has 0 unspecified atom stereocenters. The predicted molar refractivity (Wildman–Crippen MR) is 47.2 cm³/mol. The summed E-state index contributed by atoms with van der Waals surface area (Å²) in [6.07, 6.45) is 1.18. The Kier molecular flexibility index (Phi) is 4.51. The highest BCUT2D eigenvalue weighted by Crippen LogP contribution is 2.02. The first-order chi connectivity index (χ1) is 5.99. The number of esters is 1. The van der Waals surface area contributed by atoms with Gasteiger partial charge < -0.3 is 9.84 Å². The number of carbonyl (C=O) groups is 2. The SMILES string of the molecule is C=C(/C=C(\C)C(=O)O)C(=O)OCC. The van der Waals surface area contributed by atoms with Crippen molar-refractivity contribution in [2.45, 2.75) is 13.8 Å². The van der Waals surface area contributed by atoms with Crippen LogP contribution in [-0.4, -0.2) is 23.7 Å². The van der Waals surface area contributed by atoms with Crippen LogP contribution in [0.25, 0.3) is 0 Å². The minimum Gasteiger partial charge on any atom is -0.478 e. The van der Waals surface area contributed by atoms with Crippen molar-refractivity contribution in [1.29, 1.82) is 0 Å². The molecule has 0 aliphatic rings. The second-order valence-electron chi connectivity index (χ2n) is 2.38. The monoisotopic (exact) mass is 184 g/mol. The van der Waals surface area contributed by atoms with Crippen LogP contribution in [0.3, 0.4) is 0 Å². The Labute approximate surface area is 76.5 Å². The number of aliphatic carboxylic acids is 1. The molecule has 0 fully saturated rings. The molecule has 0 aliphatic heterocycles. The third kappa shape index (κ3) is 4.10. The third-order valence-electron chi connectivity index (χ3n) is 1.27. The molecule has 0 saturated carbocycles. The van der Waals surface area contributed by atoms with Gasteiger partial charge in [-0.05, 0) is 19.9 Å². The van der Waals surface area contributed by atoms with Gasteiger partial charge in [-0.25, -0.2) is 9.59 Å². The van der Waals surface area contributed by atoms with Crippen LogP contribution in [0.1, 0.15) is 13.8 Å². The van der Waals surface area contributed by atoms with E-state index in [9.17, 15) is 9.59 Å². The number of ether oxygens (including phenoxy) is 1. The van der Waals surface area contributed by atoms with E-state index < -0.39 is 11.9 Å². The van der Waals surface area contributed by atoms with Crippen LogP contribution in [0, 0.1) is 0 Å². The molecule has 0 bridgehead atoms. The van der Waals surface area contributed by atoms with Gasteiger partial charge in [0.25, 0.3) is 0 Å². The van der Waals surface area contributed by atoms with E-state index in [1.807, 2.05) is 0 Å². The standard InChI is InChI=1S/C9H12O4/c1-4-13-9(12)7(3)5-6(2)8(10)11/h5H,3-4H2,1-2H3,(H,10,11)/b6-5+. The lowest BCUT2D eigenvalue weighted by Gasteiger charge is -2.00. The number of carboxylic acid groups (broad SMARTS) is 1. The largest absolute Gasteiger partial charge is 0.478 e. The van der Waals surface area contributed by atoms with E-state index in [-0.39, 0.29) is 17.8 Å². The van der Waals surface area contributed by atoms with Gasteiger partial charge in [-0.1, -0.05) is 6.58 Å². The first-order valence-electron chi connectivity index (χ1n) is 3.76. The first kappa shape index (κ1) is 11.4. The number of hydrogen-bond acceptors (Lipinski definition) is 3. The molecule has 0 aromatic heterocycles. The first-order valence-corrected chi connectivity index (χ1v) is 3.76. The molecule has 0 saturated heterocycles. The van der Waals surface area contributed by atoms with E-state index in [0.717, 1.165) is 0 Å². The molecule has 1 N–H and O–H groups in total. The van der Waals surface area contributed by atoms with Crippen LogP contribution in [0.5, 0.6) is 0 Å². The van der Waals surface area contributed by atoms with Gasteiger partial charge in [0.15, 0.2) is 0 Å². The maximum absolute atomic E-state index is 10.9. The summed E-state index contributed by atoms with van der Waals surface area (Å²) < 4.78 is 4.61. The maximum Gasteiger partial charge on any atom is 0.337 e. The summed E-state index contributed by atoms with van der Waals surface area (Å²) in [5, 5.41) is 8.48. The zero-order chi connectivity index (χ0) is 10.4. The molecule has 4 heteroatoms. The summed E-state index contributed by atoms with van der Waals surface area (Å²) in [5.74, 6) is -1.67. The highest BCUT2D eigenvalue weighted by atomic mass is 16.5. The number of rotatable bonds is 4. The Hall–Kier alpha value is -1.58. The second kappa shape index (κ2) is 5.13. The minimum atomic E-state index is -1.08. The Balaban J connectivity index is 4.37. The maximum atomic E-state index is 10.9. The quantitative estimate of drug-likeness (QED) is 0.404. The molecule has 13 heavy (non-hydrogen) atoms. The molecule has 72 valence electrons. The van der Waals surface area contributed by atoms with Crippen molar-refractivity contribution in [3.8, 4) is 0 Å². The van der Waals surface area contributed by atoms with Crippen LogP contribution in [0.2, 0.25) is 0 Å². The Bertz CT molecular complexity index is 263. The lowest BCUT2D eigenvalue weighted by Crippen LogP contribution is -2.06. The third-order valence-corrected chi connectivity index (χ3v) is 1.27. The zero-order valence-corrected chi connectivity index (χ0v) is 7.66.